The Bertz CT molecular complexity index is 786. The van der Waals surface area contributed by atoms with Gasteiger partial charge in [-0.1, -0.05) is 30.3 Å². The van der Waals surface area contributed by atoms with Crippen LogP contribution in [0.2, 0.25) is 0 Å². The zero-order valence-corrected chi connectivity index (χ0v) is 16.8. The van der Waals surface area contributed by atoms with Crippen LogP contribution < -0.4 is 0 Å². The van der Waals surface area contributed by atoms with Crippen molar-refractivity contribution in [1.82, 2.24) is 19.7 Å². The lowest BCUT2D eigenvalue weighted by atomic mass is 9.87. The van der Waals surface area contributed by atoms with Gasteiger partial charge in [0.2, 0.25) is 5.91 Å². The largest absolute Gasteiger partial charge is 0.338 e. The van der Waals surface area contributed by atoms with E-state index in [2.05, 4.69) is 45.1 Å². The van der Waals surface area contributed by atoms with Crippen molar-refractivity contribution in [2.75, 3.05) is 39.8 Å². The van der Waals surface area contributed by atoms with E-state index < -0.39 is 0 Å². The van der Waals surface area contributed by atoms with Gasteiger partial charge in [0.1, 0.15) is 0 Å². The van der Waals surface area contributed by atoms with Crippen molar-refractivity contribution in [2.24, 2.45) is 0 Å². The molecule has 0 bridgehead atoms. The Balaban J connectivity index is 1.29. The fourth-order valence-corrected chi connectivity index (χ4v) is 4.46. The molecular weight excluding hydrogens is 348 g/mol. The molecule has 2 aliphatic rings. The van der Waals surface area contributed by atoms with Gasteiger partial charge in [-0.3, -0.25) is 19.6 Å². The summed E-state index contributed by atoms with van der Waals surface area (Å²) in [5, 5.41) is 0. The zero-order chi connectivity index (χ0) is 19.3. The van der Waals surface area contributed by atoms with Gasteiger partial charge in [-0.2, -0.15) is 0 Å². The molecule has 1 atom stereocenters. The Hall–Kier alpha value is -2.24. The summed E-state index contributed by atoms with van der Waals surface area (Å²) < 4.78 is 0. The maximum absolute atomic E-state index is 13.0. The van der Waals surface area contributed by atoms with E-state index in [0.29, 0.717) is 6.54 Å². The number of hydrogen-bond donors (Lipinski definition) is 0. The van der Waals surface area contributed by atoms with Crippen LogP contribution in [-0.4, -0.2) is 65.4 Å². The van der Waals surface area contributed by atoms with Crippen molar-refractivity contribution in [2.45, 2.75) is 31.8 Å². The Morgan fingerprint density at radius 2 is 1.89 bits per heavy atom. The number of piperazine rings is 1. The molecule has 1 unspecified atom stereocenters. The molecule has 1 aromatic carbocycles. The molecule has 5 nitrogen and oxygen atoms in total. The number of amides is 1. The average Bonchev–Trinajstić information content (AvgIpc) is 2.75. The molecule has 0 saturated carbocycles. The van der Waals surface area contributed by atoms with Gasteiger partial charge in [0.15, 0.2) is 0 Å². The molecule has 1 amide bonds. The fourth-order valence-electron chi connectivity index (χ4n) is 4.46. The second kappa shape index (κ2) is 8.84. The van der Waals surface area contributed by atoms with Crippen LogP contribution in [0.4, 0.5) is 0 Å². The van der Waals surface area contributed by atoms with Crippen LogP contribution in [-0.2, 0) is 17.8 Å². The van der Waals surface area contributed by atoms with Crippen LogP contribution in [0.25, 0.3) is 0 Å². The van der Waals surface area contributed by atoms with E-state index in [0.717, 1.165) is 52.0 Å². The summed E-state index contributed by atoms with van der Waals surface area (Å²) >= 11 is 0. The summed E-state index contributed by atoms with van der Waals surface area (Å²) in [6.45, 7) is 5.35. The van der Waals surface area contributed by atoms with Gasteiger partial charge in [0.05, 0.1) is 12.6 Å². The van der Waals surface area contributed by atoms with E-state index in [-0.39, 0.29) is 11.9 Å². The zero-order valence-electron chi connectivity index (χ0n) is 16.8. The maximum Gasteiger partial charge on any atom is 0.237 e. The Morgan fingerprint density at radius 3 is 2.68 bits per heavy atom. The van der Waals surface area contributed by atoms with E-state index in [9.17, 15) is 4.79 Å². The van der Waals surface area contributed by atoms with E-state index >= 15 is 0 Å². The van der Waals surface area contributed by atoms with E-state index in [1.807, 2.05) is 30.4 Å². The highest BCUT2D eigenvalue weighted by molar-refractivity contribution is 5.78. The normalized spacial score (nSPS) is 20.5. The highest BCUT2D eigenvalue weighted by Gasteiger charge is 2.28. The van der Waals surface area contributed by atoms with Crippen molar-refractivity contribution in [1.29, 1.82) is 0 Å². The Kier molecular flexibility index (Phi) is 6.03. The predicted octanol–water partition coefficient (Wildman–Crippen LogP) is 2.74. The van der Waals surface area contributed by atoms with Gasteiger partial charge in [-0.05, 0) is 42.0 Å². The van der Waals surface area contributed by atoms with Gasteiger partial charge in [-0.15, -0.1) is 0 Å². The second-order valence-electron chi connectivity index (χ2n) is 8.03. The molecule has 2 aromatic rings. The SMILES string of the molecule is CN(C(=O)CN1CCN(Cc2cccnc2)CC1)C1CCCc2ccccc21. The van der Waals surface area contributed by atoms with Crippen molar-refractivity contribution < 1.29 is 4.79 Å². The lowest BCUT2D eigenvalue weighted by Crippen LogP contribution is -2.49. The molecule has 4 rings (SSSR count). The van der Waals surface area contributed by atoms with Crippen LogP contribution in [0.5, 0.6) is 0 Å². The number of fused-ring (bicyclic) bond motifs is 1. The number of carbonyl (C=O) groups is 1. The van der Waals surface area contributed by atoms with Crippen LogP contribution >= 0.6 is 0 Å². The number of hydrogen-bond acceptors (Lipinski definition) is 4. The standard InChI is InChI=1S/C23H30N4O/c1-25(22-10-4-8-20-7-2-3-9-21(20)22)23(28)18-27-14-12-26(13-15-27)17-19-6-5-11-24-16-19/h2-3,5-7,9,11,16,22H,4,8,10,12-15,17-18H2,1H3. The number of aromatic nitrogens is 1. The molecule has 1 aromatic heterocycles. The van der Waals surface area contributed by atoms with Crippen LogP contribution in [0.15, 0.2) is 48.8 Å². The first-order valence-electron chi connectivity index (χ1n) is 10.4. The maximum atomic E-state index is 13.0. The van der Waals surface area contributed by atoms with Crippen LogP contribution in [0.1, 0.15) is 35.6 Å². The van der Waals surface area contributed by atoms with Gasteiger partial charge < -0.3 is 4.90 Å². The van der Waals surface area contributed by atoms with Crippen molar-refractivity contribution in [3.05, 3.63) is 65.5 Å². The Morgan fingerprint density at radius 1 is 1.11 bits per heavy atom. The molecule has 0 N–H and O–H groups in total. The highest BCUT2D eigenvalue weighted by atomic mass is 16.2. The molecule has 1 fully saturated rings. The first kappa shape index (κ1) is 19.1. The van der Waals surface area contributed by atoms with Gasteiger partial charge >= 0.3 is 0 Å². The van der Waals surface area contributed by atoms with Crippen molar-refractivity contribution in [3.8, 4) is 0 Å². The highest BCUT2D eigenvalue weighted by Crippen LogP contribution is 2.33. The summed E-state index contributed by atoms with van der Waals surface area (Å²) in [5.41, 5.74) is 4.00. The minimum Gasteiger partial charge on any atom is -0.338 e. The minimum atomic E-state index is 0.226. The monoisotopic (exact) mass is 378 g/mol. The quantitative estimate of drug-likeness (QED) is 0.802. The lowest BCUT2D eigenvalue weighted by molar-refractivity contribution is -0.134. The molecule has 1 aliphatic heterocycles. The smallest absolute Gasteiger partial charge is 0.237 e. The number of benzene rings is 1. The number of aryl methyl sites for hydroxylation is 1. The third-order valence-electron chi connectivity index (χ3n) is 6.15. The lowest BCUT2D eigenvalue weighted by Gasteiger charge is -2.37. The van der Waals surface area contributed by atoms with Gasteiger partial charge in [0.25, 0.3) is 0 Å². The third kappa shape index (κ3) is 4.42. The summed E-state index contributed by atoms with van der Waals surface area (Å²) in [4.78, 5) is 23.9. The van der Waals surface area contributed by atoms with E-state index in [1.54, 1.807) is 0 Å². The molecule has 0 radical (unpaired) electrons. The molecule has 28 heavy (non-hydrogen) atoms. The topological polar surface area (TPSA) is 39.7 Å². The molecule has 2 heterocycles. The summed E-state index contributed by atoms with van der Waals surface area (Å²) in [5.74, 6) is 0.238. The van der Waals surface area contributed by atoms with Gasteiger partial charge in [-0.25, -0.2) is 0 Å². The van der Waals surface area contributed by atoms with Crippen LogP contribution in [0.3, 0.4) is 0 Å². The van der Waals surface area contributed by atoms with Gasteiger partial charge in [0, 0.05) is 52.2 Å². The number of nitrogens with zero attached hydrogens (tertiary/aromatic N) is 4. The number of likely N-dealkylation sites (N-methyl/N-ethyl adjacent to an activating group) is 1. The fraction of sp³-hybridized carbons (Fsp3) is 0.478. The summed E-state index contributed by atoms with van der Waals surface area (Å²) in [7, 11) is 1.98. The van der Waals surface area contributed by atoms with E-state index in [4.69, 9.17) is 0 Å². The van der Waals surface area contributed by atoms with E-state index in [1.165, 1.54) is 16.7 Å². The molecule has 1 saturated heterocycles. The summed E-state index contributed by atoms with van der Waals surface area (Å²) in [6.07, 6.45) is 7.11. The number of carbonyl (C=O) groups excluding carboxylic acids is 1. The minimum absolute atomic E-state index is 0.226. The molecular formula is C23H30N4O. The number of rotatable bonds is 5. The molecule has 1 aliphatic carbocycles. The predicted molar refractivity (Wildman–Crippen MR) is 111 cm³/mol. The molecule has 148 valence electrons. The summed E-state index contributed by atoms with van der Waals surface area (Å²) in [6, 6.07) is 12.9. The van der Waals surface area contributed by atoms with Crippen LogP contribution in [0, 0.1) is 0 Å². The third-order valence-corrected chi connectivity index (χ3v) is 6.15. The molecule has 5 heteroatoms. The molecule has 0 spiro atoms. The Labute approximate surface area is 168 Å². The average molecular weight is 379 g/mol. The van der Waals surface area contributed by atoms with Crippen molar-refractivity contribution >= 4 is 5.91 Å². The van der Waals surface area contributed by atoms with Crippen molar-refractivity contribution in [3.63, 3.8) is 0 Å². The number of pyridine rings is 1. The first-order chi connectivity index (χ1) is 13.7. The first-order valence-corrected chi connectivity index (χ1v) is 10.4. The second-order valence-corrected chi connectivity index (χ2v) is 8.03.